The molecule has 1 unspecified atom stereocenters. The Morgan fingerprint density at radius 3 is 2.29 bits per heavy atom. The van der Waals surface area contributed by atoms with Crippen LogP contribution in [0.2, 0.25) is 0 Å². The second kappa shape index (κ2) is 6.72. The second-order valence-electron chi connectivity index (χ2n) is 2.81. The highest BCUT2D eigenvalue weighted by molar-refractivity contribution is 9.11. The number of ketones is 1. The number of halogens is 1. The van der Waals surface area contributed by atoms with Crippen LogP contribution in [0.5, 0.6) is 0 Å². The molecule has 0 aromatic heterocycles. The topological polar surface area (TPSA) is 52.6 Å². The van der Waals surface area contributed by atoms with E-state index in [1.54, 1.807) is 0 Å². The summed E-state index contributed by atoms with van der Waals surface area (Å²) in [6.45, 7) is 1.99. The van der Waals surface area contributed by atoms with Crippen LogP contribution in [0.3, 0.4) is 0 Å². The van der Waals surface area contributed by atoms with Gasteiger partial charge in [-0.15, -0.1) is 0 Å². The number of carbonyl (C=O) groups is 1. The Hall–Kier alpha value is 0.300. The molecule has 6 heteroatoms. The van der Waals surface area contributed by atoms with E-state index in [0.717, 1.165) is 12.8 Å². The average Bonchev–Trinajstić information content (AvgIpc) is 2.23. The number of alkyl halides is 1. The van der Waals surface area contributed by atoms with Crippen LogP contribution in [0.15, 0.2) is 0 Å². The van der Waals surface area contributed by atoms with E-state index >= 15 is 0 Å². The summed E-state index contributed by atoms with van der Waals surface area (Å²) in [6.07, 6.45) is 2.10. The normalized spacial score (nSPS) is 14.0. The van der Waals surface area contributed by atoms with Crippen molar-refractivity contribution in [3.8, 4) is 0 Å². The number of carbonyl (C=O) groups excluding carboxylic acids is 1. The van der Waals surface area contributed by atoms with Gasteiger partial charge >= 0.3 is 7.60 Å². The van der Waals surface area contributed by atoms with Gasteiger partial charge in [0.25, 0.3) is 0 Å². The van der Waals surface area contributed by atoms with Gasteiger partial charge in [-0.1, -0.05) is 29.3 Å². The van der Waals surface area contributed by atoms with E-state index in [1.807, 2.05) is 6.92 Å². The molecule has 0 amide bonds. The molecule has 0 saturated carbocycles. The van der Waals surface area contributed by atoms with Crippen molar-refractivity contribution < 1.29 is 18.4 Å². The highest BCUT2D eigenvalue weighted by atomic mass is 79.9. The molecule has 0 aliphatic carbocycles. The molecule has 0 spiro atoms. The molecule has 0 N–H and O–H groups in total. The fourth-order valence-electron chi connectivity index (χ4n) is 0.906. The Balaban J connectivity index is 4.36. The van der Waals surface area contributed by atoms with Crippen LogP contribution in [-0.2, 0) is 18.4 Å². The fourth-order valence-corrected chi connectivity index (χ4v) is 3.14. The van der Waals surface area contributed by atoms with E-state index in [1.165, 1.54) is 14.2 Å². The zero-order chi connectivity index (χ0) is 11.2. The SMILES string of the molecule is CCCCC(=O)C(Br)P(=O)(OC)OC. The largest absolute Gasteiger partial charge is 0.351 e. The molecule has 14 heavy (non-hydrogen) atoms. The number of unbranched alkanes of at least 4 members (excludes halogenated alkanes) is 1. The van der Waals surface area contributed by atoms with Gasteiger partial charge in [0.05, 0.1) is 0 Å². The van der Waals surface area contributed by atoms with Crippen LogP contribution in [-0.4, -0.2) is 24.6 Å². The van der Waals surface area contributed by atoms with E-state index < -0.39 is 12.2 Å². The third-order valence-electron chi connectivity index (χ3n) is 1.83. The minimum atomic E-state index is -3.30. The minimum absolute atomic E-state index is 0.140. The predicted molar refractivity (Wildman–Crippen MR) is 58.9 cm³/mol. The van der Waals surface area contributed by atoms with Gasteiger partial charge < -0.3 is 9.05 Å². The maximum atomic E-state index is 11.7. The van der Waals surface area contributed by atoms with Crippen LogP contribution in [0.25, 0.3) is 0 Å². The standard InChI is InChI=1S/C8H16BrO4P/c1-4-5-6-7(10)8(9)14(11,12-2)13-3/h8H,4-6H2,1-3H3. The van der Waals surface area contributed by atoms with Gasteiger partial charge in [0, 0.05) is 20.6 Å². The molecule has 0 aromatic carbocycles. The Labute approximate surface area is 93.0 Å². The van der Waals surface area contributed by atoms with Crippen molar-refractivity contribution in [3.63, 3.8) is 0 Å². The first-order valence-corrected chi connectivity index (χ1v) is 6.92. The van der Waals surface area contributed by atoms with Gasteiger partial charge in [-0.3, -0.25) is 9.36 Å². The molecule has 1 atom stereocenters. The quantitative estimate of drug-likeness (QED) is 0.533. The minimum Gasteiger partial charge on any atom is -0.311 e. The predicted octanol–water partition coefficient (Wildman–Crippen LogP) is 2.95. The summed E-state index contributed by atoms with van der Waals surface area (Å²) in [4.78, 5) is 11.5. The average molecular weight is 287 g/mol. The Morgan fingerprint density at radius 2 is 1.93 bits per heavy atom. The van der Waals surface area contributed by atoms with Crippen LogP contribution in [0.4, 0.5) is 0 Å². The Bertz CT molecular complexity index is 223. The van der Waals surface area contributed by atoms with Gasteiger partial charge in [-0.25, -0.2) is 0 Å². The maximum absolute atomic E-state index is 11.7. The van der Waals surface area contributed by atoms with E-state index in [9.17, 15) is 9.36 Å². The van der Waals surface area contributed by atoms with Crippen LogP contribution in [0, 0.1) is 0 Å². The van der Waals surface area contributed by atoms with Crippen molar-refractivity contribution >= 4 is 29.3 Å². The fraction of sp³-hybridized carbons (Fsp3) is 0.875. The molecule has 0 fully saturated rings. The zero-order valence-electron chi connectivity index (χ0n) is 8.66. The Kier molecular flexibility index (Phi) is 6.87. The summed E-state index contributed by atoms with van der Waals surface area (Å²) in [7, 11) is -0.762. The molecule has 0 aliphatic heterocycles. The lowest BCUT2D eigenvalue weighted by Crippen LogP contribution is -2.15. The van der Waals surface area contributed by atoms with Crippen LogP contribution >= 0.6 is 23.5 Å². The van der Waals surface area contributed by atoms with Crippen molar-refractivity contribution in [2.45, 2.75) is 30.8 Å². The number of Topliss-reactive ketones (excluding diaryl/α,β-unsaturated/α-hetero) is 1. The third-order valence-corrected chi connectivity index (χ3v) is 5.71. The summed E-state index contributed by atoms with van der Waals surface area (Å²) in [5, 5.41) is 0. The molecule has 0 rings (SSSR count). The molecule has 84 valence electrons. The molecule has 0 saturated heterocycles. The van der Waals surface area contributed by atoms with E-state index in [2.05, 4.69) is 15.9 Å². The monoisotopic (exact) mass is 286 g/mol. The Morgan fingerprint density at radius 1 is 1.43 bits per heavy atom. The molecular weight excluding hydrogens is 271 g/mol. The third kappa shape index (κ3) is 3.81. The number of hydrogen-bond donors (Lipinski definition) is 0. The van der Waals surface area contributed by atoms with Gasteiger partial charge in [-0.2, -0.15) is 0 Å². The first kappa shape index (κ1) is 14.3. The molecule has 4 nitrogen and oxygen atoms in total. The summed E-state index contributed by atoms with van der Waals surface area (Å²) < 4.78 is 20.3. The summed E-state index contributed by atoms with van der Waals surface area (Å²) in [5.74, 6) is -0.140. The lowest BCUT2D eigenvalue weighted by Gasteiger charge is -2.18. The van der Waals surface area contributed by atoms with Crippen molar-refractivity contribution in [1.29, 1.82) is 0 Å². The summed E-state index contributed by atoms with van der Waals surface area (Å²) in [5.41, 5.74) is 0. The highest BCUT2D eigenvalue weighted by Crippen LogP contribution is 2.54. The molecule has 0 aromatic rings. The second-order valence-corrected chi connectivity index (χ2v) is 6.76. The van der Waals surface area contributed by atoms with Gasteiger partial charge in [-0.05, 0) is 6.42 Å². The lowest BCUT2D eigenvalue weighted by atomic mass is 10.2. The summed E-state index contributed by atoms with van der Waals surface area (Å²) in [6, 6.07) is 0. The number of hydrogen-bond acceptors (Lipinski definition) is 4. The summed E-state index contributed by atoms with van der Waals surface area (Å²) >= 11 is 3.05. The van der Waals surface area contributed by atoms with Crippen molar-refractivity contribution in [3.05, 3.63) is 0 Å². The van der Waals surface area contributed by atoms with E-state index in [4.69, 9.17) is 9.05 Å². The molecular formula is C8H16BrO4P. The van der Waals surface area contributed by atoms with Crippen molar-refractivity contribution in [1.82, 2.24) is 0 Å². The van der Waals surface area contributed by atoms with E-state index in [0.29, 0.717) is 6.42 Å². The van der Waals surface area contributed by atoms with Gasteiger partial charge in [0.15, 0.2) is 10.4 Å². The van der Waals surface area contributed by atoms with E-state index in [-0.39, 0.29) is 5.78 Å². The van der Waals surface area contributed by atoms with Gasteiger partial charge in [0.2, 0.25) is 0 Å². The number of rotatable bonds is 7. The molecule has 0 radical (unpaired) electrons. The van der Waals surface area contributed by atoms with Gasteiger partial charge in [0.1, 0.15) is 0 Å². The van der Waals surface area contributed by atoms with Crippen LogP contribution in [0.1, 0.15) is 26.2 Å². The molecule has 0 aliphatic rings. The molecule has 0 heterocycles. The first-order chi connectivity index (χ1) is 6.51. The molecule has 0 bridgehead atoms. The zero-order valence-corrected chi connectivity index (χ0v) is 11.1. The maximum Gasteiger partial charge on any atom is 0.351 e. The van der Waals surface area contributed by atoms with Crippen LogP contribution < -0.4 is 0 Å². The van der Waals surface area contributed by atoms with Crippen molar-refractivity contribution in [2.75, 3.05) is 14.2 Å². The lowest BCUT2D eigenvalue weighted by molar-refractivity contribution is -0.117. The van der Waals surface area contributed by atoms with Crippen molar-refractivity contribution in [2.24, 2.45) is 0 Å². The smallest absolute Gasteiger partial charge is 0.311 e. The first-order valence-electron chi connectivity index (χ1n) is 4.39. The highest BCUT2D eigenvalue weighted by Gasteiger charge is 2.36.